The van der Waals surface area contributed by atoms with Crippen molar-refractivity contribution in [2.24, 2.45) is 7.05 Å². The molecule has 1 aromatic rings. The van der Waals surface area contributed by atoms with E-state index in [1.807, 2.05) is 13.1 Å². The number of aryl methyl sites for hydroxylation is 1. The summed E-state index contributed by atoms with van der Waals surface area (Å²) in [4.78, 5) is 0. The average molecular weight is 108 g/mol. The van der Waals surface area contributed by atoms with Crippen molar-refractivity contribution < 1.29 is 0 Å². The molecule has 1 heterocycles. The lowest BCUT2D eigenvalue weighted by molar-refractivity contribution is 0.760. The van der Waals surface area contributed by atoms with Crippen LogP contribution in [0.5, 0.6) is 0 Å². The van der Waals surface area contributed by atoms with E-state index in [1.165, 1.54) is 0 Å². The number of hydrogen-bond acceptors (Lipinski definition) is 1. The first-order chi connectivity index (χ1) is 3.84. The SMILES string of the molecule is C=Cc1ccnn1C. The third-order valence-electron chi connectivity index (χ3n) is 1.07. The highest BCUT2D eigenvalue weighted by atomic mass is 15.2. The molecule has 0 aliphatic heterocycles. The van der Waals surface area contributed by atoms with Crippen LogP contribution in [-0.4, -0.2) is 9.78 Å². The summed E-state index contributed by atoms with van der Waals surface area (Å²) < 4.78 is 1.77. The summed E-state index contributed by atoms with van der Waals surface area (Å²) in [5.41, 5.74) is 1.05. The van der Waals surface area contributed by atoms with Crippen molar-refractivity contribution in [1.29, 1.82) is 0 Å². The zero-order chi connectivity index (χ0) is 5.98. The van der Waals surface area contributed by atoms with Gasteiger partial charge in [0.05, 0.1) is 5.69 Å². The fraction of sp³-hybridized carbons (Fsp3) is 0.167. The van der Waals surface area contributed by atoms with Crippen LogP contribution in [0.1, 0.15) is 5.69 Å². The monoisotopic (exact) mass is 108 g/mol. The molecular formula is C6H8N2. The quantitative estimate of drug-likeness (QED) is 0.526. The summed E-state index contributed by atoms with van der Waals surface area (Å²) in [6, 6.07) is 1.91. The third-order valence-corrected chi connectivity index (χ3v) is 1.07. The summed E-state index contributed by atoms with van der Waals surface area (Å²) in [6.45, 7) is 3.60. The third kappa shape index (κ3) is 0.644. The summed E-state index contributed by atoms with van der Waals surface area (Å²) >= 11 is 0. The summed E-state index contributed by atoms with van der Waals surface area (Å²) in [6.07, 6.45) is 3.52. The Morgan fingerprint density at radius 2 is 2.62 bits per heavy atom. The summed E-state index contributed by atoms with van der Waals surface area (Å²) in [5, 5.41) is 3.93. The second-order valence-electron chi connectivity index (χ2n) is 1.58. The van der Waals surface area contributed by atoms with E-state index in [4.69, 9.17) is 0 Å². The van der Waals surface area contributed by atoms with Gasteiger partial charge in [-0.15, -0.1) is 0 Å². The Balaban J connectivity index is 3.09. The minimum atomic E-state index is 1.05. The Morgan fingerprint density at radius 3 is 2.88 bits per heavy atom. The molecule has 0 unspecified atom stereocenters. The van der Waals surface area contributed by atoms with E-state index in [0.29, 0.717) is 0 Å². The van der Waals surface area contributed by atoms with Crippen LogP contribution >= 0.6 is 0 Å². The first-order valence-electron chi connectivity index (χ1n) is 2.45. The van der Waals surface area contributed by atoms with Crippen molar-refractivity contribution in [1.82, 2.24) is 9.78 Å². The summed E-state index contributed by atoms with van der Waals surface area (Å²) in [5.74, 6) is 0. The fourth-order valence-electron chi connectivity index (χ4n) is 0.584. The Hall–Kier alpha value is -1.05. The Kier molecular flexibility index (Phi) is 1.16. The maximum atomic E-state index is 3.93. The van der Waals surface area contributed by atoms with Crippen LogP contribution < -0.4 is 0 Å². The van der Waals surface area contributed by atoms with Crippen molar-refractivity contribution in [2.75, 3.05) is 0 Å². The molecule has 0 atom stereocenters. The molecule has 0 saturated carbocycles. The molecule has 2 nitrogen and oxygen atoms in total. The molecule has 0 radical (unpaired) electrons. The molecule has 0 fully saturated rings. The van der Waals surface area contributed by atoms with Crippen molar-refractivity contribution in [2.45, 2.75) is 0 Å². The van der Waals surface area contributed by atoms with Crippen LogP contribution in [0.15, 0.2) is 18.8 Å². The van der Waals surface area contributed by atoms with Crippen molar-refractivity contribution in [3.8, 4) is 0 Å². The van der Waals surface area contributed by atoms with E-state index in [1.54, 1.807) is 17.0 Å². The molecule has 1 rings (SSSR count). The molecule has 0 amide bonds. The van der Waals surface area contributed by atoms with E-state index in [2.05, 4.69) is 11.7 Å². The smallest absolute Gasteiger partial charge is 0.0600 e. The van der Waals surface area contributed by atoms with E-state index in [9.17, 15) is 0 Å². The van der Waals surface area contributed by atoms with E-state index in [-0.39, 0.29) is 0 Å². The van der Waals surface area contributed by atoms with Crippen molar-refractivity contribution in [3.63, 3.8) is 0 Å². The molecule has 0 aliphatic carbocycles. The normalized spacial score (nSPS) is 9.12. The van der Waals surface area contributed by atoms with Gasteiger partial charge < -0.3 is 0 Å². The molecule has 0 bridgehead atoms. The predicted molar refractivity (Wildman–Crippen MR) is 33.3 cm³/mol. The highest BCUT2D eigenvalue weighted by molar-refractivity contribution is 5.40. The largest absolute Gasteiger partial charge is 0.269 e. The molecule has 0 N–H and O–H groups in total. The van der Waals surface area contributed by atoms with Crippen LogP contribution in [0, 0.1) is 0 Å². The number of hydrogen-bond donors (Lipinski definition) is 0. The molecule has 8 heavy (non-hydrogen) atoms. The lowest BCUT2D eigenvalue weighted by atomic mass is 10.4. The van der Waals surface area contributed by atoms with Crippen LogP contribution in [0.2, 0.25) is 0 Å². The molecule has 0 aliphatic rings. The highest BCUT2D eigenvalue weighted by Crippen LogP contribution is 1.95. The second-order valence-corrected chi connectivity index (χ2v) is 1.58. The fourth-order valence-corrected chi connectivity index (χ4v) is 0.584. The Bertz CT molecular complexity index is 188. The average Bonchev–Trinajstić information content (AvgIpc) is 2.14. The molecule has 0 aromatic carbocycles. The molecule has 42 valence electrons. The maximum Gasteiger partial charge on any atom is 0.0600 e. The molecule has 2 heteroatoms. The van der Waals surface area contributed by atoms with E-state index in [0.717, 1.165) is 5.69 Å². The summed E-state index contributed by atoms with van der Waals surface area (Å²) in [7, 11) is 1.89. The van der Waals surface area contributed by atoms with Gasteiger partial charge in [-0.3, -0.25) is 4.68 Å². The zero-order valence-corrected chi connectivity index (χ0v) is 4.83. The van der Waals surface area contributed by atoms with Crippen LogP contribution in [0.3, 0.4) is 0 Å². The van der Waals surface area contributed by atoms with Crippen molar-refractivity contribution in [3.05, 3.63) is 24.5 Å². The first kappa shape index (κ1) is 5.09. The highest BCUT2D eigenvalue weighted by Gasteiger charge is 1.86. The van der Waals surface area contributed by atoms with E-state index >= 15 is 0 Å². The number of aromatic nitrogens is 2. The molecular weight excluding hydrogens is 100 g/mol. The van der Waals surface area contributed by atoms with Gasteiger partial charge in [0, 0.05) is 13.2 Å². The lowest BCUT2D eigenvalue weighted by Crippen LogP contribution is -1.90. The minimum Gasteiger partial charge on any atom is -0.269 e. The standard InChI is InChI=1S/C6H8N2/c1-3-6-4-5-7-8(6)2/h3-5H,1H2,2H3. The van der Waals surface area contributed by atoms with E-state index < -0.39 is 0 Å². The minimum absolute atomic E-state index is 1.05. The maximum absolute atomic E-state index is 3.93. The van der Waals surface area contributed by atoms with Gasteiger partial charge in [0.2, 0.25) is 0 Å². The second kappa shape index (κ2) is 1.82. The van der Waals surface area contributed by atoms with Crippen LogP contribution in [0.4, 0.5) is 0 Å². The molecule has 0 spiro atoms. The van der Waals surface area contributed by atoms with Gasteiger partial charge in [0.25, 0.3) is 0 Å². The Labute approximate surface area is 48.4 Å². The predicted octanol–water partition coefficient (Wildman–Crippen LogP) is 1.06. The zero-order valence-electron chi connectivity index (χ0n) is 4.83. The van der Waals surface area contributed by atoms with Crippen molar-refractivity contribution >= 4 is 6.08 Å². The number of nitrogens with zero attached hydrogens (tertiary/aromatic N) is 2. The van der Waals surface area contributed by atoms with Gasteiger partial charge in [-0.2, -0.15) is 5.10 Å². The molecule has 0 saturated heterocycles. The van der Waals surface area contributed by atoms with Crippen LogP contribution in [-0.2, 0) is 7.05 Å². The topological polar surface area (TPSA) is 17.8 Å². The van der Waals surface area contributed by atoms with Gasteiger partial charge >= 0.3 is 0 Å². The van der Waals surface area contributed by atoms with Gasteiger partial charge in [0.15, 0.2) is 0 Å². The van der Waals surface area contributed by atoms with Crippen LogP contribution in [0.25, 0.3) is 6.08 Å². The molecule has 1 aromatic heterocycles. The van der Waals surface area contributed by atoms with Gasteiger partial charge in [-0.1, -0.05) is 6.58 Å². The van der Waals surface area contributed by atoms with Gasteiger partial charge in [-0.05, 0) is 12.1 Å². The number of rotatable bonds is 1. The lowest BCUT2D eigenvalue weighted by Gasteiger charge is -1.89. The Morgan fingerprint density at radius 1 is 1.88 bits per heavy atom. The van der Waals surface area contributed by atoms with Gasteiger partial charge in [0.1, 0.15) is 0 Å². The first-order valence-corrected chi connectivity index (χ1v) is 2.45. The van der Waals surface area contributed by atoms with Gasteiger partial charge in [-0.25, -0.2) is 0 Å².